The summed E-state index contributed by atoms with van der Waals surface area (Å²) in [6.07, 6.45) is 0. The van der Waals surface area contributed by atoms with Crippen molar-refractivity contribution >= 4 is 0 Å². The van der Waals surface area contributed by atoms with Gasteiger partial charge in [0.05, 0.1) is 0 Å². The number of halogens is 2. The Kier molecular flexibility index (Phi) is 2.60. The van der Waals surface area contributed by atoms with Crippen LogP contribution in [0.15, 0.2) is 12.1 Å². The Labute approximate surface area is 68.8 Å². The molecule has 0 bridgehead atoms. The molecule has 12 heavy (non-hydrogen) atoms. The maximum Gasteiger partial charge on any atom is 0.134 e. The number of nitrogens with one attached hydrogen (secondary N) is 1. The first-order chi connectivity index (χ1) is 5.65. The van der Waals surface area contributed by atoms with Crippen LogP contribution in [0.25, 0.3) is 0 Å². The number of rotatable bonds is 2. The summed E-state index contributed by atoms with van der Waals surface area (Å²) < 4.78 is 25.7. The van der Waals surface area contributed by atoms with Crippen LogP contribution in [0.4, 0.5) is 8.78 Å². The van der Waals surface area contributed by atoms with Crippen molar-refractivity contribution in [3.05, 3.63) is 29.3 Å². The van der Waals surface area contributed by atoms with Gasteiger partial charge in [0.1, 0.15) is 17.4 Å². The van der Waals surface area contributed by atoms with E-state index in [2.05, 4.69) is 5.32 Å². The molecular weight excluding hydrogens is 164 g/mol. The van der Waals surface area contributed by atoms with Crippen LogP contribution >= 0.6 is 0 Å². The summed E-state index contributed by atoms with van der Waals surface area (Å²) >= 11 is 0. The van der Waals surface area contributed by atoms with E-state index in [1.807, 2.05) is 0 Å². The van der Waals surface area contributed by atoms with Gasteiger partial charge in [0.25, 0.3) is 0 Å². The molecule has 1 rings (SSSR count). The molecule has 2 nitrogen and oxygen atoms in total. The standard InChI is InChI=1S/C8H9F2NO/c1-11-4-6-7(9)2-5(12)3-8(6)10/h2-3,11-12H,4H2,1H3. The molecule has 0 heterocycles. The highest BCUT2D eigenvalue weighted by Gasteiger charge is 2.09. The van der Waals surface area contributed by atoms with Crippen molar-refractivity contribution in [1.29, 1.82) is 0 Å². The summed E-state index contributed by atoms with van der Waals surface area (Å²) in [4.78, 5) is 0. The summed E-state index contributed by atoms with van der Waals surface area (Å²) in [6.45, 7) is 0.109. The molecule has 2 N–H and O–H groups in total. The second kappa shape index (κ2) is 3.49. The van der Waals surface area contributed by atoms with Crippen molar-refractivity contribution in [2.75, 3.05) is 7.05 Å². The molecule has 0 radical (unpaired) electrons. The third kappa shape index (κ3) is 1.71. The minimum absolute atomic E-state index is 0.0599. The third-order valence-electron chi connectivity index (χ3n) is 1.48. The predicted octanol–water partition coefficient (Wildman–Crippen LogP) is 1.39. The first-order valence-electron chi connectivity index (χ1n) is 3.46. The van der Waals surface area contributed by atoms with Gasteiger partial charge in [-0.2, -0.15) is 0 Å². The zero-order valence-corrected chi connectivity index (χ0v) is 6.56. The smallest absolute Gasteiger partial charge is 0.134 e. The van der Waals surface area contributed by atoms with Gasteiger partial charge in [0, 0.05) is 24.2 Å². The van der Waals surface area contributed by atoms with Crippen molar-refractivity contribution in [1.82, 2.24) is 5.32 Å². The van der Waals surface area contributed by atoms with Crippen molar-refractivity contribution < 1.29 is 13.9 Å². The first kappa shape index (κ1) is 8.93. The van der Waals surface area contributed by atoms with Gasteiger partial charge in [-0.15, -0.1) is 0 Å². The van der Waals surface area contributed by atoms with E-state index in [1.54, 1.807) is 7.05 Å². The Hall–Kier alpha value is -1.16. The Bertz CT molecular complexity index is 265. The lowest BCUT2D eigenvalue weighted by atomic mass is 10.2. The zero-order chi connectivity index (χ0) is 9.14. The molecule has 4 heteroatoms. The molecule has 0 atom stereocenters. The van der Waals surface area contributed by atoms with Gasteiger partial charge in [-0.25, -0.2) is 8.78 Å². The summed E-state index contributed by atoms with van der Waals surface area (Å²) in [7, 11) is 1.59. The van der Waals surface area contributed by atoms with Crippen LogP contribution in [0, 0.1) is 11.6 Å². The summed E-state index contributed by atoms with van der Waals surface area (Å²) in [5, 5.41) is 11.4. The highest BCUT2D eigenvalue weighted by molar-refractivity contribution is 5.29. The van der Waals surface area contributed by atoms with Gasteiger partial charge >= 0.3 is 0 Å². The van der Waals surface area contributed by atoms with Crippen LogP contribution in [0.1, 0.15) is 5.56 Å². The lowest BCUT2D eigenvalue weighted by molar-refractivity contribution is 0.455. The molecule has 1 aromatic rings. The fraction of sp³-hybridized carbons (Fsp3) is 0.250. The minimum atomic E-state index is -0.734. The van der Waals surface area contributed by atoms with Gasteiger partial charge in [0.2, 0.25) is 0 Å². The molecular formula is C8H9F2NO. The van der Waals surface area contributed by atoms with Crippen molar-refractivity contribution in [3.63, 3.8) is 0 Å². The Balaban J connectivity index is 3.10. The van der Waals surface area contributed by atoms with Gasteiger partial charge in [-0.1, -0.05) is 0 Å². The average Bonchev–Trinajstić information content (AvgIpc) is 1.96. The second-order valence-electron chi connectivity index (χ2n) is 2.42. The van der Waals surface area contributed by atoms with E-state index in [0.717, 1.165) is 12.1 Å². The van der Waals surface area contributed by atoms with Gasteiger partial charge < -0.3 is 10.4 Å². The molecule has 0 unspecified atom stereocenters. The van der Waals surface area contributed by atoms with Crippen LogP contribution in [-0.4, -0.2) is 12.2 Å². The summed E-state index contributed by atoms with van der Waals surface area (Å²) in [5.41, 5.74) is -0.0599. The molecule has 0 spiro atoms. The van der Waals surface area contributed by atoms with Crippen LogP contribution in [0.5, 0.6) is 5.75 Å². The molecule has 0 amide bonds. The quantitative estimate of drug-likeness (QED) is 0.708. The second-order valence-corrected chi connectivity index (χ2v) is 2.42. The number of hydrogen-bond acceptors (Lipinski definition) is 2. The molecule has 66 valence electrons. The lowest BCUT2D eigenvalue weighted by Gasteiger charge is -2.03. The maximum absolute atomic E-state index is 12.9. The summed E-state index contributed by atoms with van der Waals surface area (Å²) in [5.74, 6) is -1.87. The Morgan fingerprint density at radius 2 is 1.83 bits per heavy atom. The maximum atomic E-state index is 12.9. The van der Waals surface area contributed by atoms with E-state index in [-0.39, 0.29) is 12.1 Å². The van der Waals surface area contributed by atoms with E-state index in [1.165, 1.54) is 0 Å². The minimum Gasteiger partial charge on any atom is -0.508 e. The van der Waals surface area contributed by atoms with E-state index in [0.29, 0.717) is 0 Å². The van der Waals surface area contributed by atoms with Gasteiger partial charge in [-0.05, 0) is 7.05 Å². The summed E-state index contributed by atoms with van der Waals surface area (Å²) in [6, 6.07) is 1.77. The fourth-order valence-electron chi connectivity index (χ4n) is 0.935. The molecule has 0 aromatic heterocycles. The fourth-order valence-corrected chi connectivity index (χ4v) is 0.935. The molecule has 0 aliphatic rings. The first-order valence-corrected chi connectivity index (χ1v) is 3.46. The molecule has 0 aliphatic heterocycles. The van der Waals surface area contributed by atoms with E-state index in [4.69, 9.17) is 5.11 Å². The number of aromatic hydroxyl groups is 1. The topological polar surface area (TPSA) is 32.3 Å². The van der Waals surface area contributed by atoms with Crippen LogP contribution < -0.4 is 5.32 Å². The normalized spacial score (nSPS) is 10.2. The molecule has 0 saturated heterocycles. The average molecular weight is 173 g/mol. The van der Waals surface area contributed by atoms with Crippen molar-refractivity contribution in [2.45, 2.75) is 6.54 Å². The zero-order valence-electron chi connectivity index (χ0n) is 6.56. The highest BCUT2D eigenvalue weighted by atomic mass is 19.1. The van der Waals surface area contributed by atoms with E-state index < -0.39 is 17.4 Å². The number of benzene rings is 1. The van der Waals surface area contributed by atoms with Gasteiger partial charge in [0.15, 0.2) is 0 Å². The largest absolute Gasteiger partial charge is 0.508 e. The highest BCUT2D eigenvalue weighted by Crippen LogP contribution is 2.18. The van der Waals surface area contributed by atoms with Crippen LogP contribution in [0.3, 0.4) is 0 Å². The van der Waals surface area contributed by atoms with Crippen LogP contribution in [-0.2, 0) is 6.54 Å². The van der Waals surface area contributed by atoms with E-state index in [9.17, 15) is 8.78 Å². The molecule has 0 saturated carbocycles. The number of phenols is 1. The van der Waals surface area contributed by atoms with Crippen LogP contribution in [0.2, 0.25) is 0 Å². The Morgan fingerprint density at radius 1 is 1.33 bits per heavy atom. The molecule has 1 aromatic carbocycles. The van der Waals surface area contributed by atoms with Gasteiger partial charge in [-0.3, -0.25) is 0 Å². The van der Waals surface area contributed by atoms with Crippen molar-refractivity contribution in [2.24, 2.45) is 0 Å². The predicted molar refractivity (Wildman–Crippen MR) is 40.8 cm³/mol. The number of hydrogen-bond donors (Lipinski definition) is 2. The number of phenolic OH excluding ortho intramolecular Hbond substituents is 1. The third-order valence-corrected chi connectivity index (χ3v) is 1.48. The van der Waals surface area contributed by atoms with E-state index >= 15 is 0 Å². The SMILES string of the molecule is CNCc1c(F)cc(O)cc1F. The molecule has 0 fully saturated rings. The lowest BCUT2D eigenvalue weighted by Crippen LogP contribution is -2.09. The monoisotopic (exact) mass is 173 g/mol. The Morgan fingerprint density at radius 3 is 2.25 bits per heavy atom. The molecule has 0 aliphatic carbocycles. The van der Waals surface area contributed by atoms with Crippen molar-refractivity contribution in [3.8, 4) is 5.75 Å².